The van der Waals surface area contributed by atoms with Gasteiger partial charge in [-0.1, -0.05) is 42.5 Å². The van der Waals surface area contributed by atoms with Crippen LogP contribution < -0.4 is 4.74 Å². The molecule has 0 amide bonds. The normalized spacial score (nSPS) is 13.4. The molecule has 0 atom stereocenters. The maximum Gasteiger partial charge on any atom is 0.295 e. The third-order valence-corrected chi connectivity index (χ3v) is 17.8. The number of hydrogen-bond donors (Lipinski definition) is 6. The van der Waals surface area contributed by atoms with Crippen LogP contribution in [-0.4, -0.2) is 77.8 Å². The third-order valence-electron chi connectivity index (χ3n) is 12.4. The fourth-order valence-corrected chi connectivity index (χ4v) is 13.9. The van der Waals surface area contributed by atoms with Crippen LogP contribution in [0.5, 0.6) is 11.5 Å². The van der Waals surface area contributed by atoms with Crippen LogP contribution >= 0.6 is 0 Å². The van der Waals surface area contributed by atoms with Gasteiger partial charge in [-0.15, -0.1) is 0 Å². The minimum Gasteiger partial charge on any atom is -0.450 e. The van der Waals surface area contributed by atoms with Gasteiger partial charge in [0.15, 0.2) is 34.9 Å². The van der Waals surface area contributed by atoms with Gasteiger partial charge in [-0.3, -0.25) is 27.3 Å². The van der Waals surface area contributed by atoms with Gasteiger partial charge in [-0.05, 0) is 40.6 Å². The fourth-order valence-electron chi connectivity index (χ4n) is 9.45. The first-order valence-corrected chi connectivity index (χ1v) is 28.8. The van der Waals surface area contributed by atoms with E-state index >= 15 is 35.1 Å². The molecule has 10 rings (SSSR count). The van der Waals surface area contributed by atoms with Crippen molar-refractivity contribution in [1.82, 2.24) is 0 Å². The van der Waals surface area contributed by atoms with Crippen molar-refractivity contribution in [2.75, 3.05) is 0 Å². The highest BCUT2D eigenvalue weighted by Gasteiger charge is 2.38. The Morgan fingerprint density at radius 3 is 0.844 bits per heavy atom. The standard InChI is InChI=1S/C44H18F8O19S6/c45-36-33(21-9-23(72(53,54)55)15-5-7-19-27(76(65,66)67)11-25(74(59,60)61)17-3-1-13(21)29(15)31(17)19)37(46)39(48)34(38(36)47)35-40(49)42(51)44(43(52)41(35)50)71-22-10-24(73(56,57)58)16-6-8-20-28(77(68,69)70)12-26(75(62,63)64)18-4-2-14(22)30(16)32(18)20/h1-12H,(H,53,54,55)(H,56,57,58)(H,59,60,61)(H,62,63,64)(H,65,66,67)(H,68,69,70). The van der Waals surface area contributed by atoms with Crippen molar-refractivity contribution in [3.8, 4) is 33.8 Å². The molecule has 19 nitrogen and oxygen atoms in total. The molecule has 0 aliphatic carbocycles. The molecule has 6 N–H and O–H groups in total. The largest absolute Gasteiger partial charge is 0.450 e. The summed E-state index contributed by atoms with van der Waals surface area (Å²) < 4.78 is 348. The van der Waals surface area contributed by atoms with Crippen molar-refractivity contribution < 1.29 is 118 Å². The van der Waals surface area contributed by atoms with Gasteiger partial charge in [-0.25, -0.2) is 26.3 Å². The molecular weight excluding hydrogens is 1180 g/mol. The van der Waals surface area contributed by atoms with E-state index in [1.54, 1.807) is 0 Å². The zero-order valence-corrected chi connectivity index (χ0v) is 41.3. The van der Waals surface area contributed by atoms with Gasteiger partial charge in [0.25, 0.3) is 60.7 Å². The highest BCUT2D eigenvalue weighted by atomic mass is 32.2. The predicted octanol–water partition coefficient (Wildman–Crippen LogP) is 9.20. The lowest BCUT2D eigenvalue weighted by Gasteiger charge is -2.20. The summed E-state index contributed by atoms with van der Waals surface area (Å²) >= 11 is 0. The second-order valence-corrected chi connectivity index (χ2v) is 24.9. The van der Waals surface area contributed by atoms with E-state index in [1.165, 1.54) is 0 Å². The molecule has 33 heteroatoms. The number of benzene rings is 10. The van der Waals surface area contributed by atoms with E-state index in [1.807, 2.05) is 0 Å². The SMILES string of the molecule is O=S(=O)(O)c1cc(Oc2c(F)c(F)c(-c3c(F)c(F)c(-c4cc(S(=O)(=O)O)c5ccc6c(S(=O)(=O)O)cc(S(=O)(=O)O)c7ccc4c5c76)c(F)c3F)c(F)c2F)c2ccc3c(S(=O)(=O)O)cc(S(=O)(=O)O)c4ccc1c2c34. The van der Waals surface area contributed by atoms with E-state index in [-0.39, 0.29) is 18.2 Å². The Bertz CT molecular complexity index is 5000. The molecule has 0 heterocycles. The fraction of sp³-hybridized carbons (Fsp3) is 0. The first-order chi connectivity index (χ1) is 35.4. The quantitative estimate of drug-likeness (QED) is 0.0321. The van der Waals surface area contributed by atoms with E-state index in [0.717, 1.165) is 36.4 Å². The van der Waals surface area contributed by atoms with Crippen LogP contribution in [0.15, 0.2) is 102 Å². The van der Waals surface area contributed by atoms with Crippen LogP contribution in [0.4, 0.5) is 35.1 Å². The molecule has 0 radical (unpaired) electrons. The van der Waals surface area contributed by atoms with Crippen LogP contribution in [0.2, 0.25) is 0 Å². The molecule has 0 aliphatic rings. The molecular formula is C44H18F8O19S6. The maximum absolute atomic E-state index is 16.6. The lowest BCUT2D eigenvalue weighted by atomic mass is 9.88. The first-order valence-electron chi connectivity index (χ1n) is 20.2. The van der Waals surface area contributed by atoms with Crippen molar-refractivity contribution in [2.45, 2.75) is 29.4 Å². The van der Waals surface area contributed by atoms with Gasteiger partial charge in [0.2, 0.25) is 17.4 Å². The van der Waals surface area contributed by atoms with Gasteiger partial charge in [0.1, 0.15) is 35.1 Å². The minimum atomic E-state index is -5.70. The van der Waals surface area contributed by atoms with Crippen molar-refractivity contribution >= 4 is 125 Å². The van der Waals surface area contributed by atoms with E-state index in [9.17, 15) is 77.8 Å². The van der Waals surface area contributed by atoms with Crippen LogP contribution in [0.3, 0.4) is 0 Å². The zero-order valence-electron chi connectivity index (χ0n) is 36.4. The molecule has 77 heavy (non-hydrogen) atoms. The second kappa shape index (κ2) is 16.7. The lowest BCUT2D eigenvalue weighted by molar-refractivity contribution is 0.368. The number of halogens is 8. The molecule has 0 aliphatic heterocycles. The molecule has 0 saturated heterocycles. The van der Waals surface area contributed by atoms with Crippen LogP contribution in [0.25, 0.3) is 86.9 Å². The van der Waals surface area contributed by atoms with E-state index < -0.39 is 235 Å². The molecule has 0 fully saturated rings. The smallest absolute Gasteiger partial charge is 0.295 e. The van der Waals surface area contributed by atoms with Gasteiger partial charge in [0, 0.05) is 59.9 Å². The minimum absolute atomic E-state index is 0.185. The average molecular weight is 1190 g/mol. The summed E-state index contributed by atoms with van der Waals surface area (Å²) in [6, 6.07) is 7.02. The average Bonchev–Trinajstić information content (AvgIpc) is 3.46. The van der Waals surface area contributed by atoms with Crippen molar-refractivity contribution in [3.05, 3.63) is 119 Å². The highest BCUT2D eigenvalue weighted by Crippen LogP contribution is 2.51. The topological polar surface area (TPSA) is 335 Å². The number of ether oxygens (including phenoxy) is 1. The van der Waals surface area contributed by atoms with Gasteiger partial charge >= 0.3 is 0 Å². The summed E-state index contributed by atoms with van der Waals surface area (Å²) in [7, 11) is -33.2. The van der Waals surface area contributed by atoms with Crippen LogP contribution in [0.1, 0.15) is 0 Å². The molecule has 0 aromatic heterocycles. The summed E-state index contributed by atoms with van der Waals surface area (Å²) in [6.45, 7) is 0. The lowest BCUT2D eigenvalue weighted by Crippen LogP contribution is -2.10. The molecule has 400 valence electrons. The summed E-state index contributed by atoms with van der Waals surface area (Å²) in [5, 5.41) is -8.45. The van der Waals surface area contributed by atoms with E-state index in [4.69, 9.17) is 4.74 Å². The molecule has 0 spiro atoms. The molecule has 0 saturated carbocycles. The van der Waals surface area contributed by atoms with Crippen LogP contribution in [-0.2, 0) is 60.7 Å². The molecule has 0 bridgehead atoms. The maximum atomic E-state index is 16.6. The predicted molar refractivity (Wildman–Crippen MR) is 250 cm³/mol. The van der Waals surface area contributed by atoms with Crippen molar-refractivity contribution in [2.24, 2.45) is 0 Å². The highest BCUT2D eigenvalue weighted by molar-refractivity contribution is 7.88. The summed E-state index contributed by atoms with van der Waals surface area (Å²) in [6.07, 6.45) is 0. The molecule has 10 aromatic rings. The number of hydrogen-bond acceptors (Lipinski definition) is 13. The van der Waals surface area contributed by atoms with Gasteiger partial charge < -0.3 is 4.74 Å². The van der Waals surface area contributed by atoms with Crippen molar-refractivity contribution in [1.29, 1.82) is 0 Å². The third kappa shape index (κ3) is 7.98. The number of rotatable bonds is 10. The van der Waals surface area contributed by atoms with Crippen molar-refractivity contribution in [3.63, 3.8) is 0 Å². The van der Waals surface area contributed by atoms with Gasteiger partial charge in [0.05, 0.1) is 16.7 Å². The van der Waals surface area contributed by atoms with Gasteiger partial charge in [-0.2, -0.15) is 59.3 Å². The van der Waals surface area contributed by atoms with Crippen LogP contribution in [0, 0.1) is 46.5 Å². The first kappa shape index (κ1) is 53.4. The van der Waals surface area contributed by atoms with E-state index in [0.29, 0.717) is 18.2 Å². The Morgan fingerprint density at radius 2 is 0.519 bits per heavy atom. The summed E-state index contributed by atoms with van der Waals surface area (Å²) in [5.74, 6) is -26.3. The second-order valence-electron chi connectivity index (χ2n) is 16.6. The Hall–Kier alpha value is -7.02. The van der Waals surface area contributed by atoms with E-state index in [2.05, 4.69) is 0 Å². The Kier molecular flexibility index (Phi) is 11.6. The summed E-state index contributed by atoms with van der Waals surface area (Å²) in [5.41, 5.74) is -8.48. The molecule has 0 unspecified atom stereocenters. The zero-order chi connectivity index (χ0) is 56.7. The molecule has 10 aromatic carbocycles. The summed E-state index contributed by atoms with van der Waals surface area (Å²) in [4.78, 5) is -7.76. The Labute approximate surface area is 423 Å². The Balaban J connectivity index is 1.21. The monoisotopic (exact) mass is 1190 g/mol. The Morgan fingerprint density at radius 1 is 0.286 bits per heavy atom.